The highest BCUT2D eigenvalue weighted by atomic mass is 32.2. The van der Waals surface area contributed by atoms with E-state index in [1.165, 1.54) is 10.4 Å². The third-order valence-corrected chi connectivity index (χ3v) is 5.12. The number of hydrogen-bond donors (Lipinski definition) is 0. The Bertz CT molecular complexity index is 717. The Hall–Kier alpha value is -1.51. The molecule has 2 heterocycles. The predicted molar refractivity (Wildman–Crippen MR) is 70.6 cm³/mol. The van der Waals surface area contributed by atoms with Crippen LogP contribution in [0.3, 0.4) is 0 Å². The summed E-state index contributed by atoms with van der Waals surface area (Å²) in [4.78, 5) is 0.123. The zero-order valence-corrected chi connectivity index (χ0v) is 12.0. The maximum absolute atomic E-state index is 12.8. The van der Waals surface area contributed by atoms with Crippen LogP contribution in [0.5, 0.6) is 0 Å². The van der Waals surface area contributed by atoms with Crippen LogP contribution < -0.4 is 0 Å². The molecule has 1 aliphatic heterocycles. The van der Waals surface area contributed by atoms with E-state index in [1.807, 2.05) is 13.8 Å². The predicted octanol–water partition coefficient (Wildman–Crippen LogP) is 1.02. The summed E-state index contributed by atoms with van der Waals surface area (Å²) in [6.45, 7) is 4.37. The fourth-order valence-corrected chi connectivity index (χ4v) is 4.18. The van der Waals surface area contributed by atoms with Crippen molar-refractivity contribution in [3.63, 3.8) is 0 Å². The minimum Gasteiger partial charge on any atom is -0.373 e. The lowest BCUT2D eigenvalue weighted by Gasteiger charge is -2.34. The first kappa shape index (κ1) is 13.5. The van der Waals surface area contributed by atoms with Crippen molar-refractivity contribution in [2.45, 2.75) is 31.0 Å². The third-order valence-electron chi connectivity index (χ3n) is 3.25. The van der Waals surface area contributed by atoms with Gasteiger partial charge in [0.2, 0.25) is 10.0 Å². The van der Waals surface area contributed by atoms with E-state index in [0.29, 0.717) is 18.6 Å². The van der Waals surface area contributed by atoms with Gasteiger partial charge in [-0.2, -0.15) is 4.31 Å². The lowest BCUT2D eigenvalue weighted by atomic mass is 10.3. The van der Waals surface area contributed by atoms with E-state index >= 15 is 0 Å². The van der Waals surface area contributed by atoms with E-state index in [1.54, 1.807) is 12.1 Å². The summed E-state index contributed by atoms with van der Waals surface area (Å²) in [6, 6.07) is 4.81. The first-order valence-corrected chi connectivity index (χ1v) is 7.79. The van der Waals surface area contributed by atoms with Gasteiger partial charge in [0.1, 0.15) is 10.4 Å². The topological polar surface area (TPSA) is 85.5 Å². The molecule has 3 rings (SSSR count). The normalized spacial score (nSPS) is 25.1. The molecule has 2 aromatic rings. The van der Waals surface area contributed by atoms with E-state index in [4.69, 9.17) is 4.74 Å². The Balaban J connectivity index is 2.05. The van der Waals surface area contributed by atoms with Crippen LogP contribution >= 0.6 is 0 Å². The summed E-state index contributed by atoms with van der Waals surface area (Å²) in [6.07, 6.45) is -0.272. The number of aromatic nitrogens is 2. The van der Waals surface area contributed by atoms with Crippen LogP contribution in [0.2, 0.25) is 0 Å². The lowest BCUT2D eigenvalue weighted by molar-refractivity contribution is -0.0440. The van der Waals surface area contributed by atoms with Crippen molar-refractivity contribution in [2.24, 2.45) is 0 Å². The molecule has 1 saturated heterocycles. The highest BCUT2D eigenvalue weighted by molar-refractivity contribution is 7.89. The number of fused-ring (bicyclic) bond motifs is 1. The highest BCUT2D eigenvalue weighted by Gasteiger charge is 2.33. The number of sulfonamides is 1. The third kappa shape index (κ3) is 2.19. The van der Waals surface area contributed by atoms with Crippen molar-refractivity contribution in [3.8, 4) is 0 Å². The van der Waals surface area contributed by atoms with Crippen molar-refractivity contribution >= 4 is 21.1 Å². The van der Waals surface area contributed by atoms with Crippen LogP contribution in [0.25, 0.3) is 11.0 Å². The summed E-state index contributed by atoms with van der Waals surface area (Å²) in [7, 11) is -3.63. The van der Waals surface area contributed by atoms with Crippen molar-refractivity contribution < 1.29 is 17.8 Å². The maximum Gasteiger partial charge on any atom is 0.245 e. The quantitative estimate of drug-likeness (QED) is 0.822. The average Bonchev–Trinajstić information content (AvgIpc) is 2.85. The molecule has 1 aromatic heterocycles. The number of ether oxygens (including phenoxy) is 1. The highest BCUT2D eigenvalue weighted by Crippen LogP contribution is 2.25. The monoisotopic (exact) mass is 297 g/mol. The molecule has 1 aromatic carbocycles. The van der Waals surface area contributed by atoms with Gasteiger partial charge in [-0.3, -0.25) is 0 Å². The van der Waals surface area contributed by atoms with Gasteiger partial charge in [0, 0.05) is 13.1 Å². The molecule has 0 spiro atoms. The second kappa shape index (κ2) is 4.80. The van der Waals surface area contributed by atoms with E-state index in [9.17, 15) is 8.42 Å². The molecule has 0 aliphatic carbocycles. The van der Waals surface area contributed by atoms with Gasteiger partial charge in [0.25, 0.3) is 0 Å². The minimum absolute atomic E-state index is 0.123. The van der Waals surface area contributed by atoms with Crippen molar-refractivity contribution in [3.05, 3.63) is 18.2 Å². The van der Waals surface area contributed by atoms with Crippen LogP contribution in [0, 0.1) is 0 Å². The smallest absolute Gasteiger partial charge is 0.245 e. The number of benzene rings is 1. The summed E-state index contributed by atoms with van der Waals surface area (Å²) < 4.78 is 37.1. The van der Waals surface area contributed by atoms with Gasteiger partial charge in [-0.05, 0) is 36.3 Å². The Morgan fingerprint density at radius 2 is 1.90 bits per heavy atom. The molecular formula is C12H15N3O4S. The maximum atomic E-state index is 12.8. The van der Waals surface area contributed by atoms with Crippen molar-refractivity contribution in [1.29, 1.82) is 0 Å². The molecule has 0 radical (unpaired) electrons. The standard InChI is InChI=1S/C12H15N3O4S/c1-8-6-15(7-9(2)18-8)20(16,17)11-5-3-4-10-12(11)14-19-13-10/h3-5,8-9H,6-7H2,1-2H3/t8-,9-/m1/s1. The van der Waals surface area contributed by atoms with Crippen LogP contribution in [-0.4, -0.2) is 48.3 Å². The van der Waals surface area contributed by atoms with Crippen molar-refractivity contribution in [1.82, 2.24) is 14.6 Å². The Morgan fingerprint density at radius 1 is 1.20 bits per heavy atom. The number of morpholine rings is 1. The molecule has 2 atom stereocenters. The van der Waals surface area contributed by atoms with E-state index < -0.39 is 10.0 Å². The molecule has 1 aliphatic rings. The molecule has 0 saturated carbocycles. The number of rotatable bonds is 2. The Morgan fingerprint density at radius 3 is 2.60 bits per heavy atom. The van der Waals surface area contributed by atoms with Gasteiger partial charge in [-0.1, -0.05) is 6.07 Å². The van der Waals surface area contributed by atoms with Gasteiger partial charge in [0.05, 0.1) is 12.2 Å². The fraction of sp³-hybridized carbons (Fsp3) is 0.500. The molecule has 0 amide bonds. The number of nitrogens with zero attached hydrogens (tertiary/aromatic N) is 3. The zero-order chi connectivity index (χ0) is 14.3. The summed E-state index contributed by atoms with van der Waals surface area (Å²) in [5.41, 5.74) is 0.694. The summed E-state index contributed by atoms with van der Waals surface area (Å²) in [5, 5.41) is 7.37. The van der Waals surface area contributed by atoms with Gasteiger partial charge >= 0.3 is 0 Å². The molecule has 8 heteroatoms. The zero-order valence-electron chi connectivity index (χ0n) is 11.2. The first-order valence-electron chi connectivity index (χ1n) is 6.35. The van der Waals surface area contributed by atoms with Gasteiger partial charge in [0.15, 0.2) is 5.52 Å². The molecular weight excluding hydrogens is 282 g/mol. The first-order chi connectivity index (χ1) is 9.48. The molecule has 0 unspecified atom stereocenters. The van der Waals surface area contributed by atoms with Crippen LogP contribution in [-0.2, 0) is 14.8 Å². The van der Waals surface area contributed by atoms with E-state index in [-0.39, 0.29) is 22.6 Å². The van der Waals surface area contributed by atoms with E-state index in [0.717, 1.165) is 0 Å². The average molecular weight is 297 g/mol. The van der Waals surface area contributed by atoms with Gasteiger partial charge in [-0.25, -0.2) is 13.0 Å². The van der Waals surface area contributed by atoms with Crippen molar-refractivity contribution in [2.75, 3.05) is 13.1 Å². The molecule has 0 bridgehead atoms. The fourth-order valence-electron chi connectivity index (χ4n) is 2.46. The second-order valence-corrected chi connectivity index (χ2v) is 6.87. The van der Waals surface area contributed by atoms with Crippen LogP contribution in [0.4, 0.5) is 0 Å². The molecule has 7 nitrogen and oxygen atoms in total. The molecule has 0 N–H and O–H groups in total. The number of hydrogen-bond acceptors (Lipinski definition) is 6. The minimum atomic E-state index is -3.63. The lowest BCUT2D eigenvalue weighted by Crippen LogP contribution is -2.48. The largest absolute Gasteiger partial charge is 0.373 e. The second-order valence-electron chi connectivity index (χ2n) is 4.97. The summed E-state index contributed by atoms with van der Waals surface area (Å²) in [5.74, 6) is 0. The Labute approximate surface area is 116 Å². The molecule has 20 heavy (non-hydrogen) atoms. The molecule has 108 valence electrons. The van der Waals surface area contributed by atoms with E-state index in [2.05, 4.69) is 14.9 Å². The molecule has 1 fully saturated rings. The van der Waals surface area contributed by atoms with Gasteiger partial charge < -0.3 is 4.74 Å². The van der Waals surface area contributed by atoms with Crippen LogP contribution in [0.1, 0.15) is 13.8 Å². The summed E-state index contributed by atoms with van der Waals surface area (Å²) >= 11 is 0. The SMILES string of the molecule is C[C@@H]1CN(S(=O)(=O)c2cccc3nonc23)C[C@@H](C)O1. The van der Waals surface area contributed by atoms with Crippen LogP contribution in [0.15, 0.2) is 27.7 Å². The Kier molecular flexibility index (Phi) is 3.23. The van der Waals surface area contributed by atoms with Gasteiger partial charge in [-0.15, -0.1) is 0 Å².